The zero-order valence-corrected chi connectivity index (χ0v) is 17.4. The average Bonchev–Trinajstić information content (AvgIpc) is 2.79. The second kappa shape index (κ2) is 10.2. The summed E-state index contributed by atoms with van der Waals surface area (Å²) >= 11 is 0. The summed E-state index contributed by atoms with van der Waals surface area (Å²) in [6.07, 6.45) is 0.0604. The minimum atomic E-state index is -1.17. The van der Waals surface area contributed by atoms with E-state index in [4.69, 9.17) is 0 Å². The summed E-state index contributed by atoms with van der Waals surface area (Å²) in [6, 6.07) is 20.5. The molecule has 2 amide bonds. The van der Waals surface area contributed by atoms with Crippen LogP contribution in [0.5, 0.6) is 0 Å². The van der Waals surface area contributed by atoms with Gasteiger partial charge in [0.15, 0.2) is 5.78 Å². The van der Waals surface area contributed by atoms with E-state index in [2.05, 4.69) is 10.6 Å². The van der Waals surface area contributed by atoms with Crippen molar-refractivity contribution in [3.05, 3.63) is 101 Å². The molecule has 1 atom stereocenters. The molecule has 0 fully saturated rings. The first-order chi connectivity index (χ1) is 15.3. The number of carboxylic acids is 1. The summed E-state index contributed by atoms with van der Waals surface area (Å²) in [5.41, 5.74) is 2.54. The van der Waals surface area contributed by atoms with E-state index in [1.165, 1.54) is 19.1 Å². The fourth-order valence-electron chi connectivity index (χ4n) is 3.13. The number of amides is 2. The molecule has 0 bridgehead atoms. The highest BCUT2D eigenvalue weighted by atomic mass is 16.4. The molecule has 0 spiro atoms. The van der Waals surface area contributed by atoms with Crippen LogP contribution >= 0.6 is 0 Å². The molecule has 0 unspecified atom stereocenters. The van der Waals surface area contributed by atoms with E-state index < -0.39 is 17.9 Å². The lowest BCUT2D eigenvalue weighted by Crippen LogP contribution is -2.42. The fourth-order valence-corrected chi connectivity index (χ4v) is 3.13. The molecule has 3 N–H and O–H groups in total. The summed E-state index contributed by atoms with van der Waals surface area (Å²) in [5, 5.41) is 14.7. The Morgan fingerprint density at radius 2 is 1.34 bits per heavy atom. The molecule has 0 radical (unpaired) electrons. The maximum Gasteiger partial charge on any atom is 0.326 e. The molecular formula is C25H22N2O5. The number of hydrogen-bond acceptors (Lipinski definition) is 4. The van der Waals surface area contributed by atoms with Crippen LogP contribution in [-0.2, 0) is 16.0 Å². The summed E-state index contributed by atoms with van der Waals surface area (Å²) < 4.78 is 0. The van der Waals surface area contributed by atoms with Crippen molar-refractivity contribution in [1.29, 1.82) is 0 Å². The Kier molecular flexibility index (Phi) is 7.13. The fraction of sp³-hybridized carbons (Fsp3) is 0.120. The quantitative estimate of drug-likeness (QED) is 0.475. The van der Waals surface area contributed by atoms with E-state index in [0.29, 0.717) is 22.4 Å². The van der Waals surface area contributed by atoms with Gasteiger partial charge in [-0.25, -0.2) is 4.79 Å². The van der Waals surface area contributed by atoms with Gasteiger partial charge in [-0.3, -0.25) is 14.4 Å². The number of carboxylic acid groups (broad SMARTS) is 1. The Labute approximate surface area is 185 Å². The van der Waals surface area contributed by atoms with Gasteiger partial charge in [0, 0.05) is 35.7 Å². The number of aliphatic carboxylic acids is 1. The molecule has 3 aromatic carbocycles. The predicted octanol–water partition coefficient (Wildman–Crippen LogP) is 3.30. The summed E-state index contributed by atoms with van der Waals surface area (Å²) in [7, 11) is 0. The topological polar surface area (TPSA) is 113 Å². The van der Waals surface area contributed by atoms with Crippen molar-refractivity contribution in [1.82, 2.24) is 5.32 Å². The van der Waals surface area contributed by atoms with Gasteiger partial charge >= 0.3 is 5.97 Å². The third-order valence-corrected chi connectivity index (χ3v) is 4.76. The Balaban J connectivity index is 1.66. The maximum absolute atomic E-state index is 12.5. The highest BCUT2D eigenvalue weighted by Gasteiger charge is 2.21. The van der Waals surface area contributed by atoms with Gasteiger partial charge in [0.25, 0.3) is 5.91 Å². The molecule has 0 aromatic heterocycles. The largest absolute Gasteiger partial charge is 0.480 e. The number of hydrogen-bond donors (Lipinski definition) is 3. The molecule has 0 heterocycles. The van der Waals surface area contributed by atoms with Crippen molar-refractivity contribution in [3.8, 4) is 0 Å². The molecular weight excluding hydrogens is 408 g/mol. The third-order valence-electron chi connectivity index (χ3n) is 4.76. The van der Waals surface area contributed by atoms with Crippen molar-refractivity contribution < 1.29 is 24.3 Å². The minimum Gasteiger partial charge on any atom is -0.480 e. The molecule has 7 nitrogen and oxygen atoms in total. The van der Waals surface area contributed by atoms with Gasteiger partial charge < -0.3 is 15.7 Å². The lowest BCUT2D eigenvalue weighted by molar-refractivity contribution is -0.139. The number of rotatable bonds is 8. The average molecular weight is 430 g/mol. The molecule has 32 heavy (non-hydrogen) atoms. The van der Waals surface area contributed by atoms with Crippen LogP contribution in [-0.4, -0.2) is 34.7 Å². The second-order valence-electron chi connectivity index (χ2n) is 7.22. The van der Waals surface area contributed by atoms with Gasteiger partial charge in [0.2, 0.25) is 5.91 Å². The SMILES string of the molecule is CC(=O)Nc1ccc(C(=O)N[C@@H](Cc2ccc(C(=O)c3ccccc3)cc2)C(=O)O)cc1. The van der Waals surface area contributed by atoms with Crippen LogP contribution < -0.4 is 10.6 Å². The van der Waals surface area contributed by atoms with Crippen LogP contribution in [0.25, 0.3) is 0 Å². The van der Waals surface area contributed by atoms with E-state index in [1.54, 1.807) is 60.7 Å². The van der Waals surface area contributed by atoms with Gasteiger partial charge in [-0.2, -0.15) is 0 Å². The lowest BCUT2D eigenvalue weighted by atomic mass is 9.99. The second-order valence-corrected chi connectivity index (χ2v) is 7.22. The van der Waals surface area contributed by atoms with Gasteiger partial charge in [-0.05, 0) is 29.8 Å². The zero-order chi connectivity index (χ0) is 23.1. The minimum absolute atomic E-state index is 0.0604. The lowest BCUT2D eigenvalue weighted by Gasteiger charge is -2.15. The van der Waals surface area contributed by atoms with Crippen LogP contribution in [0.2, 0.25) is 0 Å². The number of carbonyl (C=O) groups is 4. The molecule has 0 aliphatic carbocycles. The van der Waals surface area contributed by atoms with E-state index >= 15 is 0 Å². The van der Waals surface area contributed by atoms with Gasteiger partial charge in [0.05, 0.1) is 0 Å². The Morgan fingerprint density at radius 1 is 0.781 bits per heavy atom. The van der Waals surface area contributed by atoms with Gasteiger partial charge in [-0.15, -0.1) is 0 Å². The number of nitrogens with one attached hydrogen (secondary N) is 2. The molecule has 0 saturated heterocycles. The van der Waals surface area contributed by atoms with E-state index in [9.17, 15) is 24.3 Å². The standard InChI is InChI=1S/C25H22N2O5/c1-16(28)26-21-13-11-20(12-14-21)24(30)27-22(25(31)32)15-17-7-9-19(10-8-17)23(29)18-5-3-2-4-6-18/h2-14,22H,15H2,1H3,(H,26,28)(H,27,30)(H,31,32)/t22-/m0/s1. The summed E-state index contributed by atoms with van der Waals surface area (Å²) in [6.45, 7) is 1.38. The van der Waals surface area contributed by atoms with Gasteiger partial charge in [-0.1, -0.05) is 54.6 Å². The van der Waals surface area contributed by atoms with Crippen LogP contribution in [0, 0.1) is 0 Å². The molecule has 0 aliphatic rings. The Hall–Kier alpha value is -4.26. The van der Waals surface area contributed by atoms with Crippen molar-refractivity contribution >= 4 is 29.3 Å². The smallest absolute Gasteiger partial charge is 0.326 e. The Morgan fingerprint density at radius 3 is 1.91 bits per heavy atom. The first-order valence-electron chi connectivity index (χ1n) is 9.93. The van der Waals surface area contributed by atoms with Crippen molar-refractivity contribution in [2.45, 2.75) is 19.4 Å². The molecule has 3 aromatic rings. The Bertz CT molecular complexity index is 1120. The third kappa shape index (κ3) is 5.89. The van der Waals surface area contributed by atoms with Crippen LogP contribution in [0.15, 0.2) is 78.9 Å². The van der Waals surface area contributed by atoms with Gasteiger partial charge in [0.1, 0.15) is 6.04 Å². The summed E-state index contributed by atoms with van der Waals surface area (Å²) in [4.78, 5) is 47.7. The van der Waals surface area contributed by atoms with E-state index in [1.807, 2.05) is 6.07 Å². The molecule has 3 rings (SSSR count). The van der Waals surface area contributed by atoms with Crippen LogP contribution in [0.4, 0.5) is 5.69 Å². The van der Waals surface area contributed by atoms with Crippen molar-refractivity contribution in [2.75, 3.05) is 5.32 Å². The predicted molar refractivity (Wildman–Crippen MR) is 120 cm³/mol. The normalized spacial score (nSPS) is 11.3. The zero-order valence-electron chi connectivity index (χ0n) is 17.4. The van der Waals surface area contributed by atoms with Crippen molar-refractivity contribution in [2.24, 2.45) is 0 Å². The molecule has 0 saturated carbocycles. The molecule has 0 aliphatic heterocycles. The number of benzene rings is 3. The number of ketones is 1. The number of anilines is 1. The van der Waals surface area contributed by atoms with E-state index in [-0.39, 0.29) is 23.7 Å². The molecule has 7 heteroatoms. The number of carbonyl (C=O) groups excluding carboxylic acids is 3. The molecule has 162 valence electrons. The maximum atomic E-state index is 12.5. The summed E-state index contributed by atoms with van der Waals surface area (Å²) in [5.74, 6) is -2.06. The highest BCUT2D eigenvalue weighted by molar-refractivity contribution is 6.09. The first-order valence-corrected chi connectivity index (χ1v) is 9.93. The van der Waals surface area contributed by atoms with Crippen molar-refractivity contribution in [3.63, 3.8) is 0 Å². The monoisotopic (exact) mass is 430 g/mol. The van der Waals surface area contributed by atoms with Crippen LogP contribution in [0.1, 0.15) is 38.8 Å². The van der Waals surface area contributed by atoms with E-state index in [0.717, 1.165) is 0 Å². The highest BCUT2D eigenvalue weighted by Crippen LogP contribution is 2.14. The first kappa shape index (κ1) is 22.4. The van der Waals surface area contributed by atoms with Crippen LogP contribution in [0.3, 0.4) is 0 Å².